The normalized spacial score (nSPS) is 10.7. The standard InChI is InChI=1S/C15H13FN4O2S/c16-11-5-3-10(4-6-11)14-18-15(20-19-14)23-9-13(21)17-8-12-2-1-7-22-12/h1-7H,8-9H2,(H,17,21)(H,18,19,20). The lowest BCUT2D eigenvalue weighted by Gasteiger charge is -2.01. The molecule has 0 aliphatic heterocycles. The highest BCUT2D eigenvalue weighted by Crippen LogP contribution is 2.19. The van der Waals surface area contributed by atoms with E-state index < -0.39 is 0 Å². The van der Waals surface area contributed by atoms with E-state index in [4.69, 9.17) is 4.42 Å². The largest absolute Gasteiger partial charge is 0.467 e. The Kier molecular flexibility index (Phi) is 4.72. The summed E-state index contributed by atoms with van der Waals surface area (Å²) in [4.78, 5) is 16.0. The van der Waals surface area contributed by atoms with Gasteiger partial charge in [0.25, 0.3) is 0 Å². The number of H-pyrrole nitrogens is 1. The van der Waals surface area contributed by atoms with Crippen molar-refractivity contribution in [3.8, 4) is 11.4 Å². The van der Waals surface area contributed by atoms with Crippen molar-refractivity contribution in [3.63, 3.8) is 0 Å². The molecule has 1 aromatic carbocycles. The van der Waals surface area contributed by atoms with Crippen molar-refractivity contribution in [2.24, 2.45) is 0 Å². The second-order valence-electron chi connectivity index (χ2n) is 4.62. The van der Waals surface area contributed by atoms with Crippen molar-refractivity contribution in [1.29, 1.82) is 0 Å². The van der Waals surface area contributed by atoms with E-state index in [2.05, 4.69) is 20.5 Å². The van der Waals surface area contributed by atoms with Crippen molar-refractivity contribution in [2.45, 2.75) is 11.7 Å². The monoisotopic (exact) mass is 332 g/mol. The Morgan fingerprint density at radius 2 is 2.13 bits per heavy atom. The Hall–Kier alpha value is -2.61. The number of aromatic amines is 1. The van der Waals surface area contributed by atoms with Gasteiger partial charge in [0, 0.05) is 5.56 Å². The molecule has 23 heavy (non-hydrogen) atoms. The fraction of sp³-hybridized carbons (Fsp3) is 0.133. The smallest absolute Gasteiger partial charge is 0.230 e. The lowest BCUT2D eigenvalue weighted by Crippen LogP contribution is -2.24. The quantitative estimate of drug-likeness (QED) is 0.678. The molecule has 118 valence electrons. The highest BCUT2D eigenvalue weighted by molar-refractivity contribution is 7.99. The number of furan rings is 1. The van der Waals surface area contributed by atoms with Gasteiger partial charge >= 0.3 is 0 Å². The third kappa shape index (κ3) is 4.19. The molecule has 0 aliphatic carbocycles. The van der Waals surface area contributed by atoms with E-state index in [0.717, 1.165) is 5.56 Å². The Bertz CT molecular complexity index is 771. The average molecular weight is 332 g/mol. The summed E-state index contributed by atoms with van der Waals surface area (Å²) in [5, 5.41) is 10.00. The van der Waals surface area contributed by atoms with E-state index in [1.165, 1.54) is 23.9 Å². The number of amides is 1. The molecule has 3 rings (SSSR count). The Morgan fingerprint density at radius 3 is 2.87 bits per heavy atom. The van der Waals surface area contributed by atoms with Crippen molar-refractivity contribution < 1.29 is 13.6 Å². The molecule has 0 unspecified atom stereocenters. The van der Waals surface area contributed by atoms with Crippen LogP contribution >= 0.6 is 11.8 Å². The zero-order valence-electron chi connectivity index (χ0n) is 12.0. The van der Waals surface area contributed by atoms with Crippen LogP contribution in [0, 0.1) is 5.82 Å². The minimum atomic E-state index is -0.309. The van der Waals surface area contributed by atoms with Crippen LogP contribution < -0.4 is 5.32 Å². The highest BCUT2D eigenvalue weighted by Gasteiger charge is 2.09. The van der Waals surface area contributed by atoms with Crippen LogP contribution in [-0.4, -0.2) is 26.8 Å². The van der Waals surface area contributed by atoms with E-state index in [0.29, 0.717) is 23.3 Å². The fourth-order valence-corrected chi connectivity index (χ4v) is 2.46. The summed E-state index contributed by atoms with van der Waals surface area (Å²) in [6, 6.07) is 9.48. The number of hydrogen-bond donors (Lipinski definition) is 2. The molecule has 1 amide bonds. The third-order valence-corrected chi connectivity index (χ3v) is 3.80. The maximum absolute atomic E-state index is 12.9. The zero-order chi connectivity index (χ0) is 16.1. The molecule has 0 fully saturated rings. The number of carbonyl (C=O) groups excluding carboxylic acids is 1. The topological polar surface area (TPSA) is 83.8 Å². The maximum Gasteiger partial charge on any atom is 0.230 e. The van der Waals surface area contributed by atoms with Gasteiger partial charge < -0.3 is 9.73 Å². The summed E-state index contributed by atoms with van der Waals surface area (Å²) in [7, 11) is 0. The molecule has 0 radical (unpaired) electrons. The zero-order valence-corrected chi connectivity index (χ0v) is 12.8. The van der Waals surface area contributed by atoms with E-state index in [9.17, 15) is 9.18 Å². The van der Waals surface area contributed by atoms with Crippen molar-refractivity contribution in [3.05, 3.63) is 54.2 Å². The van der Waals surface area contributed by atoms with Crippen LogP contribution in [0.15, 0.2) is 52.2 Å². The van der Waals surface area contributed by atoms with Crippen LogP contribution in [0.1, 0.15) is 5.76 Å². The number of halogens is 1. The van der Waals surface area contributed by atoms with Crippen molar-refractivity contribution in [2.75, 3.05) is 5.75 Å². The first-order valence-electron chi connectivity index (χ1n) is 6.81. The van der Waals surface area contributed by atoms with Crippen LogP contribution in [0.3, 0.4) is 0 Å². The van der Waals surface area contributed by atoms with Gasteiger partial charge in [0.1, 0.15) is 11.6 Å². The Morgan fingerprint density at radius 1 is 1.30 bits per heavy atom. The number of carbonyl (C=O) groups is 1. The number of aromatic nitrogens is 3. The molecule has 2 heterocycles. The summed E-state index contributed by atoms with van der Waals surface area (Å²) >= 11 is 1.21. The molecule has 0 aliphatic rings. The van der Waals surface area contributed by atoms with Gasteiger partial charge in [0.15, 0.2) is 5.82 Å². The van der Waals surface area contributed by atoms with E-state index in [1.54, 1.807) is 30.5 Å². The molecule has 0 saturated heterocycles. The summed E-state index contributed by atoms with van der Waals surface area (Å²) in [5.41, 5.74) is 0.730. The van der Waals surface area contributed by atoms with Crippen molar-refractivity contribution in [1.82, 2.24) is 20.5 Å². The van der Waals surface area contributed by atoms with Gasteiger partial charge in [-0.25, -0.2) is 9.37 Å². The fourth-order valence-electron chi connectivity index (χ4n) is 1.83. The van der Waals surface area contributed by atoms with Gasteiger partial charge in [-0.3, -0.25) is 9.89 Å². The van der Waals surface area contributed by atoms with Crippen LogP contribution in [0.4, 0.5) is 4.39 Å². The first kappa shape index (κ1) is 15.3. The maximum atomic E-state index is 12.9. The molecule has 8 heteroatoms. The van der Waals surface area contributed by atoms with E-state index in [-0.39, 0.29) is 17.5 Å². The van der Waals surface area contributed by atoms with Gasteiger partial charge in [0.05, 0.1) is 18.6 Å². The molecule has 0 saturated carbocycles. The van der Waals surface area contributed by atoms with Crippen LogP contribution in [0.2, 0.25) is 0 Å². The average Bonchev–Trinajstić information content (AvgIpc) is 3.23. The van der Waals surface area contributed by atoms with Gasteiger partial charge in [-0.15, -0.1) is 5.10 Å². The predicted molar refractivity (Wildman–Crippen MR) is 83.1 cm³/mol. The van der Waals surface area contributed by atoms with E-state index >= 15 is 0 Å². The molecule has 3 aromatic rings. The van der Waals surface area contributed by atoms with Crippen LogP contribution in [0.5, 0.6) is 0 Å². The Balaban J connectivity index is 1.50. The second-order valence-corrected chi connectivity index (χ2v) is 5.56. The summed E-state index contributed by atoms with van der Waals surface area (Å²) < 4.78 is 18.0. The number of rotatable bonds is 6. The molecular formula is C15H13FN4O2S. The van der Waals surface area contributed by atoms with Gasteiger partial charge in [-0.05, 0) is 36.4 Å². The van der Waals surface area contributed by atoms with Crippen molar-refractivity contribution >= 4 is 17.7 Å². The predicted octanol–water partition coefficient (Wildman–Crippen LogP) is 2.61. The lowest BCUT2D eigenvalue weighted by atomic mass is 10.2. The second kappa shape index (κ2) is 7.10. The van der Waals surface area contributed by atoms with Crippen LogP contribution in [-0.2, 0) is 11.3 Å². The first-order valence-corrected chi connectivity index (χ1v) is 7.79. The molecule has 0 bridgehead atoms. The minimum absolute atomic E-state index is 0.139. The SMILES string of the molecule is O=C(CSc1n[nH]c(-c2ccc(F)cc2)n1)NCc1ccco1. The number of benzene rings is 1. The minimum Gasteiger partial charge on any atom is -0.467 e. The number of nitrogens with one attached hydrogen (secondary N) is 2. The van der Waals surface area contributed by atoms with E-state index in [1.807, 2.05) is 0 Å². The summed E-state index contributed by atoms with van der Waals surface area (Å²) in [5.74, 6) is 0.973. The molecule has 0 atom stereocenters. The Labute approximate surface area is 135 Å². The van der Waals surface area contributed by atoms with Gasteiger partial charge in [-0.2, -0.15) is 0 Å². The molecule has 6 nitrogen and oxygen atoms in total. The number of thioether (sulfide) groups is 1. The number of hydrogen-bond acceptors (Lipinski definition) is 5. The first-order chi connectivity index (χ1) is 11.2. The van der Waals surface area contributed by atoms with Crippen LogP contribution in [0.25, 0.3) is 11.4 Å². The molecule has 2 N–H and O–H groups in total. The van der Waals surface area contributed by atoms with Gasteiger partial charge in [-0.1, -0.05) is 11.8 Å². The number of nitrogens with zero attached hydrogens (tertiary/aromatic N) is 2. The molecule has 2 aromatic heterocycles. The summed E-state index contributed by atoms with van der Waals surface area (Å²) in [6.07, 6.45) is 1.56. The summed E-state index contributed by atoms with van der Waals surface area (Å²) in [6.45, 7) is 0.348. The third-order valence-electron chi connectivity index (χ3n) is 2.95. The highest BCUT2D eigenvalue weighted by atomic mass is 32.2. The van der Waals surface area contributed by atoms with Gasteiger partial charge in [0.2, 0.25) is 11.1 Å². The lowest BCUT2D eigenvalue weighted by molar-refractivity contribution is -0.118. The molecular weight excluding hydrogens is 319 g/mol. The molecule has 0 spiro atoms.